The number of hydrogen-bond acceptors (Lipinski definition) is 9. The molecule has 1 aliphatic rings. The molecular weight excluding hydrogens is 482 g/mol. The standard InChI is InChI=1S/C28H35N7OS/c1-20(2)16-21-6-4-5-7-25(21)26-17-27(33-28(32-26)34-37-24(18-29)19-30-3)36-23-10-8-22(9-11-23)35-14-12-31-13-15-35/h4-11,17-20,31H,12-16,29H2,1-3H3,(H,32,33,34). The van der Waals surface area contributed by atoms with Crippen molar-refractivity contribution in [1.29, 1.82) is 0 Å². The number of aromatic nitrogens is 2. The quantitative estimate of drug-likeness (QED) is 0.252. The third kappa shape index (κ3) is 7.47. The number of nitrogens with zero attached hydrogens (tertiary/aromatic N) is 4. The third-order valence-electron chi connectivity index (χ3n) is 5.85. The number of ether oxygens (including phenoxy) is 1. The van der Waals surface area contributed by atoms with Crippen LogP contribution in [0.4, 0.5) is 11.6 Å². The third-order valence-corrected chi connectivity index (χ3v) is 6.61. The monoisotopic (exact) mass is 517 g/mol. The van der Waals surface area contributed by atoms with Crippen LogP contribution in [0.2, 0.25) is 0 Å². The molecule has 2 aromatic carbocycles. The van der Waals surface area contributed by atoms with E-state index in [1.54, 1.807) is 13.3 Å². The second-order valence-electron chi connectivity index (χ2n) is 9.16. The summed E-state index contributed by atoms with van der Waals surface area (Å²) in [5.41, 5.74) is 10.0. The fourth-order valence-corrected chi connectivity index (χ4v) is 4.68. The Bertz CT molecular complexity index is 1220. The van der Waals surface area contributed by atoms with Crippen LogP contribution in [0, 0.1) is 5.92 Å². The Hall–Kier alpha value is -3.56. The van der Waals surface area contributed by atoms with Crippen molar-refractivity contribution in [3.8, 4) is 22.9 Å². The minimum atomic E-state index is 0.429. The molecule has 194 valence electrons. The van der Waals surface area contributed by atoms with E-state index >= 15 is 0 Å². The lowest BCUT2D eigenvalue weighted by Crippen LogP contribution is -2.43. The Kier molecular flexibility index (Phi) is 9.40. The zero-order chi connectivity index (χ0) is 26.0. The van der Waals surface area contributed by atoms with Crippen molar-refractivity contribution in [2.75, 3.05) is 42.8 Å². The summed E-state index contributed by atoms with van der Waals surface area (Å²) in [4.78, 5) is 16.6. The zero-order valence-corrected chi connectivity index (χ0v) is 22.5. The first-order valence-corrected chi connectivity index (χ1v) is 13.3. The first-order valence-electron chi connectivity index (χ1n) is 12.5. The number of allylic oxidation sites excluding steroid dienone is 1. The van der Waals surface area contributed by atoms with E-state index in [0.717, 1.165) is 54.5 Å². The summed E-state index contributed by atoms with van der Waals surface area (Å²) in [7, 11) is 1.70. The topological polar surface area (TPSA) is 101 Å². The van der Waals surface area contributed by atoms with Gasteiger partial charge in [0, 0.05) is 63.0 Å². The van der Waals surface area contributed by atoms with Crippen molar-refractivity contribution in [2.45, 2.75) is 20.3 Å². The van der Waals surface area contributed by atoms with Gasteiger partial charge in [-0.2, -0.15) is 4.98 Å². The molecule has 1 saturated heterocycles. The molecule has 0 saturated carbocycles. The van der Waals surface area contributed by atoms with E-state index in [1.807, 2.05) is 24.3 Å². The molecule has 4 N–H and O–H groups in total. The summed E-state index contributed by atoms with van der Waals surface area (Å²) >= 11 is 1.30. The average Bonchev–Trinajstić information content (AvgIpc) is 2.92. The van der Waals surface area contributed by atoms with Gasteiger partial charge < -0.3 is 20.7 Å². The number of aliphatic imine (C=N–C) groups is 1. The van der Waals surface area contributed by atoms with E-state index in [9.17, 15) is 0 Å². The molecule has 1 fully saturated rings. The molecule has 0 bridgehead atoms. The Morgan fingerprint density at radius 3 is 2.62 bits per heavy atom. The van der Waals surface area contributed by atoms with Gasteiger partial charge in [0.05, 0.1) is 10.6 Å². The fraction of sp³-hybridized carbons (Fsp3) is 0.321. The lowest BCUT2D eigenvalue weighted by Gasteiger charge is -2.29. The minimum absolute atomic E-state index is 0.429. The number of hydrogen-bond donors (Lipinski definition) is 3. The summed E-state index contributed by atoms with van der Waals surface area (Å²) in [6.07, 6.45) is 4.12. The predicted octanol–water partition coefficient (Wildman–Crippen LogP) is 5.10. The normalized spacial score (nSPS) is 14.4. The van der Waals surface area contributed by atoms with Gasteiger partial charge in [-0.3, -0.25) is 9.71 Å². The molecule has 2 heterocycles. The zero-order valence-electron chi connectivity index (χ0n) is 21.6. The van der Waals surface area contributed by atoms with E-state index < -0.39 is 0 Å². The van der Waals surface area contributed by atoms with Crippen LogP contribution in [0.1, 0.15) is 19.4 Å². The molecule has 0 atom stereocenters. The summed E-state index contributed by atoms with van der Waals surface area (Å²) in [6.45, 7) is 8.43. The van der Waals surface area contributed by atoms with Crippen LogP contribution >= 0.6 is 11.9 Å². The van der Waals surface area contributed by atoms with E-state index in [-0.39, 0.29) is 0 Å². The van der Waals surface area contributed by atoms with Gasteiger partial charge in [0.15, 0.2) is 0 Å². The molecule has 8 nitrogen and oxygen atoms in total. The number of nitrogens with two attached hydrogens (primary N) is 1. The molecule has 4 rings (SSSR count). The van der Waals surface area contributed by atoms with Gasteiger partial charge in [0.25, 0.3) is 0 Å². The Morgan fingerprint density at radius 2 is 1.92 bits per heavy atom. The van der Waals surface area contributed by atoms with Gasteiger partial charge in [0.1, 0.15) is 5.75 Å². The SMILES string of the molecule is CN=CC(=CN)SNc1nc(Oc2ccc(N3CCNCC3)cc2)cc(-c2ccccc2CC(C)C)n1. The first kappa shape index (κ1) is 26.5. The molecule has 0 unspecified atom stereocenters. The maximum absolute atomic E-state index is 6.23. The van der Waals surface area contributed by atoms with Crippen molar-refractivity contribution in [2.24, 2.45) is 16.6 Å². The molecule has 1 aliphatic heterocycles. The van der Waals surface area contributed by atoms with Crippen LogP contribution in [-0.2, 0) is 6.42 Å². The van der Waals surface area contributed by atoms with Crippen molar-refractivity contribution in [1.82, 2.24) is 15.3 Å². The van der Waals surface area contributed by atoms with E-state index in [0.29, 0.717) is 17.7 Å². The number of nitrogens with one attached hydrogen (secondary N) is 2. The van der Waals surface area contributed by atoms with Gasteiger partial charge in [-0.1, -0.05) is 38.1 Å². The molecule has 37 heavy (non-hydrogen) atoms. The van der Waals surface area contributed by atoms with E-state index in [4.69, 9.17) is 15.5 Å². The van der Waals surface area contributed by atoms with Crippen molar-refractivity contribution >= 4 is 29.8 Å². The number of rotatable bonds is 10. The number of anilines is 2. The highest BCUT2D eigenvalue weighted by Gasteiger charge is 2.14. The van der Waals surface area contributed by atoms with Crippen LogP contribution in [0.5, 0.6) is 11.6 Å². The summed E-state index contributed by atoms with van der Waals surface area (Å²) in [6, 6.07) is 18.4. The van der Waals surface area contributed by atoms with E-state index in [1.165, 1.54) is 29.4 Å². The Labute approximate surface area is 223 Å². The fourth-order valence-electron chi connectivity index (χ4n) is 4.15. The molecule has 0 amide bonds. The van der Waals surface area contributed by atoms with Crippen molar-refractivity contribution in [3.63, 3.8) is 0 Å². The van der Waals surface area contributed by atoms with Gasteiger partial charge in [-0.25, -0.2) is 4.98 Å². The second kappa shape index (κ2) is 13.1. The largest absolute Gasteiger partial charge is 0.439 e. The van der Waals surface area contributed by atoms with Crippen molar-refractivity contribution < 1.29 is 4.74 Å². The first-order chi connectivity index (χ1) is 18.1. The summed E-state index contributed by atoms with van der Waals surface area (Å²) < 4.78 is 9.42. The van der Waals surface area contributed by atoms with Gasteiger partial charge >= 0.3 is 0 Å². The highest BCUT2D eigenvalue weighted by molar-refractivity contribution is 8.05. The molecule has 1 aromatic heterocycles. The van der Waals surface area contributed by atoms with Gasteiger partial charge in [-0.05, 0) is 54.1 Å². The lowest BCUT2D eigenvalue weighted by atomic mass is 9.96. The van der Waals surface area contributed by atoms with Crippen LogP contribution in [0.3, 0.4) is 0 Å². The lowest BCUT2D eigenvalue weighted by molar-refractivity contribution is 0.463. The second-order valence-corrected chi connectivity index (χ2v) is 10.0. The van der Waals surface area contributed by atoms with Gasteiger partial charge in [0.2, 0.25) is 11.8 Å². The Balaban J connectivity index is 1.63. The maximum Gasteiger partial charge on any atom is 0.237 e. The molecule has 9 heteroatoms. The number of benzene rings is 2. The average molecular weight is 518 g/mol. The highest BCUT2D eigenvalue weighted by Crippen LogP contribution is 2.31. The molecule has 3 aromatic rings. The summed E-state index contributed by atoms with van der Waals surface area (Å²) in [5, 5.41) is 3.39. The molecular formula is C28H35N7OS. The molecule has 0 aliphatic carbocycles. The van der Waals surface area contributed by atoms with E-state index in [2.05, 4.69) is 69.1 Å². The van der Waals surface area contributed by atoms with Crippen LogP contribution < -0.4 is 25.4 Å². The molecule has 0 radical (unpaired) electrons. The Morgan fingerprint density at radius 1 is 1.16 bits per heavy atom. The summed E-state index contributed by atoms with van der Waals surface area (Å²) in [5.74, 6) is 2.13. The van der Waals surface area contributed by atoms with Crippen LogP contribution in [-0.4, -0.2) is 49.4 Å². The molecule has 0 spiro atoms. The van der Waals surface area contributed by atoms with Gasteiger partial charge in [-0.15, -0.1) is 0 Å². The van der Waals surface area contributed by atoms with Crippen LogP contribution in [0.15, 0.2) is 70.7 Å². The predicted molar refractivity (Wildman–Crippen MR) is 156 cm³/mol. The van der Waals surface area contributed by atoms with Crippen molar-refractivity contribution in [3.05, 3.63) is 71.3 Å². The smallest absolute Gasteiger partial charge is 0.237 e. The highest BCUT2D eigenvalue weighted by atomic mass is 32.2. The minimum Gasteiger partial charge on any atom is -0.439 e. The van der Waals surface area contributed by atoms with Crippen LogP contribution in [0.25, 0.3) is 11.3 Å². The maximum atomic E-state index is 6.23. The number of piperazine rings is 1.